The first-order valence-corrected chi connectivity index (χ1v) is 14.2. The molecular formula is C27H37N3O5S. The smallest absolute Gasteiger partial charge is 0.243 e. The van der Waals surface area contributed by atoms with Crippen LogP contribution in [0.3, 0.4) is 0 Å². The van der Waals surface area contributed by atoms with Crippen molar-refractivity contribution in [1.29, 1.82) is 0 Å². The van der Waals surface area contributed by atoms with Gasteiger partial charge in [-0.2, -0.15) is 4.31 Å². The van der Waals surface area contributed by atoms with Crippen LogP contribution in [-0.2, 0) is 39.1 Å². The van der Waals surface area contributed by atoms with Crippen molar-refractivity contribution >= 4 is 15.9 Å². The molecule has 0 bridgehead atoms. The van der Waals surface area contributed by atoms with E-state index in [1.807, 2.05) is 12.1 Å². The van der Waals surface area contributed by atoms with Crippen LogP contribution in [0.5, 0.6) is 5.75 Å². The summed E-state index contributed by atoms with van der Waals surface area (Å²) in [6.07, 6.45) is 4.48. The van der Waals surface area contributed by atoms with E-state index in [0.29, 0.717) is 50.6 Å². The second-order valence-corrected chi connectivity index (χ2v) is 11.4. The highest BCUT2D eigenvalue weighted by Gasteiger charge is 2.27. The van der Waals surface area contributed by atoms with Crippen LogP contribution in [0, 0.1) is 0 Å². The maximum absolute atomic E-state index is 13.0. The van der Waals surface area contributed by atoms with Crippen LogP contribution in [0.1, 0.15) is 42.4 Å². The molecule has 2 heterocycles. The predicted octanol–water partition coefficient (Wildman–Crippen LogP) is 2.95. The van der Waals surface area contributed by atoms with E-state index < -0.39 is 10.0 Å². The molecule has 2 aromatic carbocycles. The monoisotopic (exact) mass is 515 g/mol. The van der Waals surface area contributed by atoms with E-state index in [1.54, 1.807) is 25.3 Å². The average Bonchev–Trinajstić information content (AvgIpc) is 2.92. The van der Waals surface area contributed by atoms with Crippen molar-refractivity contribution in [1.82, 2.24) is 14.5 Å². The lowest BCUT2D eigenvalue weighted by Crippen LogP contribution is -2.40. The van der Waals surface area contributed by atoms with Gasteiger partial charge in [-0.25, -0.2) is 8.42 Å². The lowest BCUT2D eigenvalue weighted by molar-refractivity contribution is -0.121. The molecule has 2 aliphatic heterocycles. The molecule has 36 heavy (non-hydrogen) atoms. The van der Waals surface area contributed by atoms with Crippen LogP contribution in [0.15, 0.2) is 47.4 Å². The molecule has 0 aromatic heterocycles. The maximum Gasteiger partial charge on any atom is 0.243 e. The van der Waals surface area contributed by atoms with E-state index in [0.717, 1.165) is 25.2 Å². The number of nitrogens with zero attached hydrogens (tertiary/aromatic N) is 2. The minimum atomic E-state index is -3.62. The Hall–Kier alpha value is -2.46. The molecule has 2 fully saturated rings. The molecule has 8 nitrogen and oxygen atoms in total. The molecule has 2 aliphatic rings. The van der Waals surface area contributed by atoms with Gasteiger partial charge in [0.15, 0.2) is 0 Å². The van der Waals surface area contributed by atoms with Gasteiger partial charge in [0.05, 0.1) is 25.2 Å². The highest BCUT2D eigenvalue weighted by molar-refractivity contribution is 7.89. The van der Waals surface area contributed by atoms with Crippen LogP contribution in [0.4, 0.5) is 0 Å². The molecule has 9 heteroatoms. The molecular weight excluding hydrogens is 478 g/mol. The van der Waals surface area contributed by atoms with Crippen molar-refractivity contribution in [2.45, 2.75) is 50.1 Å². The fourth-order valence-corrected chi connectivity index (χ4v) is 6.26. The Morgan fingerprint density at radius 1 is 1.00 bits per heavy atom. The van der Waals surface area contributed by atoms with Crippen molar-refractivity contribution in [2.24, 2.45) is 0 Å². The van der Waals surface area contributed by atoms with Crippen LogP contribution in [0.2, 0.25) is 0 Å². The molecule has 0 atom stereocenters. The summed E-state index contributed by atoms with van der Waals surface area (Å²) >= 11 is 0. The number of amides is 1. The molecule has 0 saturated carbocycles. The number of rotatable bonds is 10. The molecule has 0 spiro atoms. The summed E-state index contributed by atoms with van der Waals surface area (Å²) in [6.45, 7) is 5.18. The van der Waals surface area contributed by atoms with Gasteiger partial charge in [-0.05, 0) is 67.2 Å². The van der Waals surface area contributed by atoms with Crippen molar-refractivity contribution in [3.8, 4) is 5.75 Å². The number of carbonyl (C=O) groups excluding carboxylic acids is 1. The number of ether oxygens (including phenoxy) is 2. The number of likely N-dealkylation sites (tertiary alicyclic amines) is 1. The quantitative estimate of drug-likeness (QED) is 0.524. The Balaban J connectivity index is 1.33. The Morgan fingerprint density at radius 3 is 2.50 bits per heavy atom. The largest absolute Gasteiger partial charge is 0.496 e. The number of morpholine rings is 1. The van der Waals surface area contributed by atoms with Gasteiger partial charge in [0.1, 0.15) is 5.75 Å². The first kappa shape index (κ1) is 26.6. The molecule has 196 valence electrons. The highest BCUT2D eigenvalue weighted by Crippen LogP contribution is 2.26. The summed E-state index contributed by atoms with van der Waals surface area (Å²) in [5, 5.41) is 3.00. The molecule has 0 unspecified atom stereocenters. The van der Waals surface area contributed by atoms with E-state index >= 15 is 0 Å². The fraction of sp³-hybridized carbons (Fsp3) is 0.519. The van der Waals surface area contributed by atoms with Gasteiger partial charge in [-0.15, -0.1) is 0 Å². The van der Waals surface area contributed by atoms with Gasteiger partial charge in [0.2, 0.25) is 15.9 Å². The number of benzene rings is 2. The third-order valence-corrected chi connectivity index (χ3v) is 8.71. The lowest BCUT2D eigenvalue weighted by Gasteiger charge is -2.26. The van der Waals surface area contributed by atoms with Crippen LogP contribution < -0.4 is 10.1 Å². The predicted molar refractivity (Wildman–Crippen MR) is 138 cm³/mol. The number of aryl methyl sites for hydroxylation is 1. The second-order valence-electron chi connectivity index (χ2n) is 9.42. The molecule has 2 saturated heterocycles. The summed E-state index contributed by atoms with van der Waals surface area (Å²) in [5.41, 5.74) is 3.05. The SMILES string of the molecule is COc1ccc(S(=O)(=O)N2CCOCC2)cc1CCC(=O)NCc1cccc(CN2CCCCC2)c1. The molecule has 2 aromatic rings. The fourth-order valence-electron chi connectivity index (χ4n) is 4.80. The number of hydrogen-bond donors (Lipinski definition) is 1. The molecule has 0 aliphatic carbocycles. The molecule has 1 N–H and O–H groups in total. The van der Waals surface area contributed by atoms with Crippen LogP contribution in [-0.4, -0.2) is 70.0 Å². The van der Waals surface area contributed by atoms with Crippen molar-refractivity contribution in [3.05, 3.63) is 59.2 Å². The number of carbonyl (C=O) groups is 1. The minimum Gasteiger partial charge on any atom is -0.496 e. The zero-order valence-electron chi connectivity index (χ0n) is 21.1. The molecule has 0 radical (unpaired) electrons. The number of hydrogen-bond acceptors (Lipinski definition) is 6. The van der Waals surface area contributed by atoms with Crippen LogP contribution in [0.25, 0.3) is 0 Å². The van der Waals surface area contributed by atoms with Crippen LogP contribution >= 0.6 is 0 Å². The number of sulfonamides is 1. The highest BCUT2D eigenvalue weighted by atomic mass is 32.2. The summed E-state index contributed by atoms with van der Waals surface area (Å²) < 4.78 is 38.2. The minimum absolute atomic E-state index is 0.0834. The normalized spacial score (nSPS) is 17.6. The van der Waals surface area contributed by atoms with E-state index in [9.17, 15) is 13.2 Å². The van der Waals surface area contributed by atoms with E-state index in [1.165, 1.54) is 29.1 Å². The third kappa shape index (κ3) is 7.06. The molecule has 4 rings (SSSR count). The first-order chi connectivity index (χ1) is 17.5. The van der Waals surface area contributed by atoms with Gasteiger partial charge in [-0.1, -0.05) is 30.7 Å². The van der Waals surface area contributed by atoms with E-state index in [4.69, 9.17) is 9.47 Å². The average molecular weight is 516 g/mol. The summed E-state index contributed by atoms with van der Waals surface area (Å²) in [7, 11) is -2.07. The topological polar surface area (TPSA) is 88.2 Å². The van der Waals surface area contributed by atoms with Gasteiger partial charge in [0.25, 0.3) is 0 Å². The van der Waals surface area contributed by atoms with Gasteiger partial charge in [-0.3, -0.25) is 9.69 Å². The Bertz CT molecular complexity index is 1130. The number of nitrogens with one attached hydrogen (secondary N) is 1. The first-order valence-electron chi connectivity index (χ1n) is 12.8. The summed E-state index contributed by atoms with van der Waals surface area (Å²) in [5.74, 6) is 0.495. The summed E-state index contributed by atoms with van der Waals surface area (Å²) in [6, 6.07) is 13.2. The number of piperidine rings is 1. The second kappa shape index (κ2) is 12.7. The van der Waals surface area contributed by atoms with Crippen molar-refractivity contribution in [2.75, 3.05) is 46.5 Å². The third-order valence-electron chi connectivity index (χ3n) is 6.82. The number of methoxy groups -OCH3 is 1. The zero-order chi connectivity index (χ0) is 25.4. The van der Waals surface area contributed by atoms with Crippen molar-refractivity contribution in [3.63, 3.8) is 0 Å². The molecule has 1 amide bonds. The van der Waals surface area contributed by atoms with Gasteiger partial charge in [0, 0.05) is 32.6 Å². The standard InChI is InChI=1S/C27H37N3O5S/c1-34-26-10-9-25(36(32,33)30-14-16-35-17-15-30)19-24(26)8-11-27(31)28-20-22-6-5-7-23(18-22)21-29-12-3-2-4-13-29/h5-7,9-10,18-19H,2-4,8,11-17,20-21H2,1H3,(H,28,31). The Kier molecular flexibility index (Phi) is 9.36. The van der Waals surface area contributed by atoms with Crippen molar-refractivity contribution < 1.29 is 22.7 Å². The summed E-state index contributed by atoms with van der Waals surface area (Å²) in [4.78, 5) is 15.3. The van der Waals surface area contributed by atoms with Gasteiger partial charge >= 0.3 is 0 Å². The maximum atomic E-state index is 13.0. The van der Waals surface area contributed by atoms with E-state index in [2.05, 4.69) is 22.3 Å². The Labute approximate surface area is 214 Å². The zero-order valence-corrected chi connectivity index (χ0v) is 21.9. The van der Waals surface area contributed by atoms with E-state index in [-0.39, 0.29) is 17.2 Å². The lowest BCUT2D eigenvalue weighted by atomic mass is 10.1. The Morgan fingerprint density at radius 2 is 1.75 bits per heavy atom. The van der Waals surface area contributed by atoms with Gasteiger partial charge < -0.3 is 14.8 Å².